The Kier molecular flexibility index (Phi) is 3.23. The lowest BCUT2D eigenvalue weighted by Crippen LogP contribution is -2.38. The summed E-state index contributed by atoms with van der Waals surface area (Å²) >= 11 is 0. The Labute approximate surface area is 112 Å². The van der Waals surface area contributed by atoms with Crippen molar-refractivity contribution in [3.05, 3.63) is 30.0 Å². The van der Waals surface area contributed by atoms with Gasteiger partial charge in [0.1, 0.15) is 0 Å². The molecule has 19 heavy (non-hydrogen) atoms. The monoisotopic (exact) mass is 257 g/mol. The van der Waals surface area contributed by atoms with Gasteiger partial charge in [-0.15, -0.1) is 0 Å². The maximum atomic E-state index is 12.7. The van der Waals surface area contributed by atoms with E-state index in [1.54, 1.807) is 0 Å². The van der Waals surface area contributed by atoms with Gasteiger partial charge >= 0.3 is 0 Å². The number of nitrogens with zero attached hydrogens (tertiary/aromatic N) is 2. The van der Waals surface area contributed by atoms with E-state index in [4.69, 9.17) is 0 Å². The molecular weight excluding hydrogens is 238 g/mol. The van der Waals surface area contributed by atoms with Crippen molar-refractivity contribution in [3.63, 3.8) is 0 Å². The first-order chi connectivity index (χ1) is 9.27. The molecule has 0 spiro atoms. The zero-order chi connectivity index (χ0) is 13.2. The number of H-pyrrole nitrogens is 1. The van der Waals surface area contributed by atoms with Gasteiger partial charge in [0.2, 0.25) is 0 Å². The fourth-order valence-electron chi connectivity index (χ4n) is 2.84. The summed E-state index contributed by atoms with van der Waals surface area (Å²) in [5.74, 6) is 0.0619. The molecule has 1 N–H and O–H groups in total. The highest BCUT2D eigenvalue weighted by Crippen LogP contribution is 2.22. The Balaban J connectivity index is 1.94. The highest BCUT2D eigenvalue weighted by atomic mass is 16.2. The van der Waals surface area contributed by atoms with Crippen LogP contribution >= 0.6 is 0 Å². The molecule has 0 radical (unpaired) electrons. The minimum atomic E-state index is 0.0619. The third-order valence-corrected chi connectivity index (χ3v) is 3.99. The second kappa shape index (κ2) is 5.03. The van der Waals surface area contributed by atoms with Crippen molar-refractivity contribution in [2.45, 2.75) is 38.6 Å². The van der Waals surface area contributed by atoms with Gasteiger partial charge in [0, 0.05) is 18.0 Å². The lowest BCUT2D eigenvalue weighted by molar-refractivity contribution is 0.0694. The standard InChI is InChI=1S/C15H19N3O/c1-11-7-3-2-6-10-18(11)15(19)14-12-8-4-5-9-13(12)16-17-14/h4-5,8-9,11H,2-3,6-7,10H2,1H3,(H,16,17). The van der Waals surface area contributed by atoms with Crippen LogP contribution in [0, 0.1) is 0 Å². The smallest absolute Gasteiger partial charge is 0.275 e. The minimum Gasteiger partial charge on any atom is -0.335 e. The van der Waals surface area contributed by atoms with E-state index in [0.29, 0.717) is 11.7 Å². The van der Waals surface area contributed by atoms with Crippen molar-refractivity contribution in [1.82, 2.24) is 15.1 Å². The first-order valence-electron chi connectivity index (χ1n) is 7.01. The Bertz CT molecular complexity index is 590. The number of rotatable bonds is 1. The number of likely N-dealkylation sites (tertiary alicyclic amines) is 1. The van der Waals surface area contributed by atoms with Crippen LogP contribution in [0.25, 0.3) is 10.9 Å². The van der Waals surface area contributed by atoms with Gasteiger partial charge in [0.05, 0.1) is 5.52 Å². The largest absolute Gasteiger partial charge is 0.335 e. The second-order valence-electron chi connectivity index (χ2n) is 5.31. The molecule has 0 aliphatic carbocycles. The summed E-state index contributed by atoms with van der Waals surface area (Å²) in [7, 11) is 0. The number of carbonyl (C=O) groups is 1. The normalized spacial score (nSPS) is 20.5. The summed E-state index contributed by atoms with van der Waals surface area (Å²) in [4.78, 5) is 14.7. The number of amides is 1. The molecule has 1 saturated heterocycles. The van der Waals surface area contributed by atoms with Gasteiger partial charge in [-0.2, -0.15) is 5.10 Å². The van der Waals surface area contributed by atoms with Crippen molar-refractivity contribution < 1.29 is 4.79 Å². The number of carbonyl (C=O) groups excluding carboxylic acids is 1. The third-order valence-electron chi connectivity index (χ3n) is 3.99. The van der Waals surface area contributed by atoms with Gasteiger partial charge < -0.3 is 4.90 Å². The van der Waals surface area contributed by atoms with E-state index < -0.39 is 0 Å². The first-order valence-corrected chi connectivity index (χ1v) is 7.01. The lowest BCUT2D eigenvalue weighted by atomic mass is 10.1. The highest BCUT2D eigenvalue weighted by molar-refractivity contribution is 6.04. The Morgan fingerprint density at radius 2 is 2.16 bits per heavy atom. The molecule has 1 aliphatic rings. The van der Waals surface area contributed by atoms with Gasteiger partial charge in [-0.3, -0.25) is 9.89 Å². The molecule has 1 fully saturated rings. The number of fused-ring (bicyclic) bond motifs is 1. The molecule has 1 amide bonds. The maximum Gasteiger partial charge on any atom is 0.275 e. The van der Waals surface area contributed by atoms with Crippen molar-refractivity contribution >= 4 is 16.8 Å². The number of para-hydroxylation sites is 1. The van der Waals surface area contributed by atoms with E-state index >= 15 is 0 Å². The van der Waals surface area contributed by atoms with Gasteiger partial charge in [0.25, 0.3) is 5.91 Å². The van der Waals surface area contributed by atoms with Crippen molar-refractivity contribution in [1.29, 1.82) is 0 Å². The van der Waals surface area contributed by atoms with E-state index in [2.05, 4.69) is 17.1 Å². The van der Waals surface area contributed by atoms with Crippen LogP contribution in [0.2, 0.25) is 0 Å². The fraction of sp³-hybridized carbons (Fsp3) is 0.467. The Morgan fingerprint density at radius 3 is 3.05 bits per heavy atom. The molecule has 1 unspecified atom stereocenters. The highest BCUT2D eigenvalue weighted by Gasteiger charge is 2.25. The molecule has 0 bridgehead atoms. The van der Waals surface area contributed by atoms with Crippen LogP contribution in [0.3, 0.4) is 0 Å². The number of aromatic nitrogens is 2. The molecule has 1 aromatic carbocycles. The minimum absolute atomic E-state index is 0.0619. The SMILES string of the molecule is CC1CCCCCN1C(=O)c1n[nH]c2ccccc12. The van der Waals surface area contributed by atoms with Crippen molar-refractivity contribution in [3.8, 4) is 0 Å². The van der Waals surface area contributed by atoms with Crippen molar-refractivity contribution in [2.75, 3.05) is 6.54 Å². The van der Waals surface area contributed by atoms with E-state index in [1.165, 1.54) is 12.8 Å². The molecule has 2 aromatic rings. The van der Waals surface area contributed by atoms with Crippen LogP contribution < -0.4 is 0 Å². The molecular formula is C15H19N3O. The average Bonchev–Trinajstić information content (AvgIpc) is 2.74. The summed E-state index contributed by atoms with van der Waals surface area (Å²) in [6.45, 7) is 2.99. The summed E-state index contributed by atoms with van der Waals surface area (Å²) in [5, 5.41) is 8.08. The number of hydrogen-bond acceptors (Lipinski definition) is 2. The summed E-state index contributed by atoms with van der Waals surface area (Å²) in [6, 6.07) is 8.11. The van der Waals surface area contributed by atoms with Crippen LogP contribution in [0.15, 0.2) is 24.3 Å². The van der Waals surface area contributed by atoms with Gasteiger partial charge in [0.15, 0.2) is 5.69 Å². The molecule has 1 atom stereocenters. The van der Waals surface area contributed by atoms with Crippen LogP contribution in [-0.4, -0.2) is 33.6 Å². The molecule has 100 valence electrons. The molecule has 4 heteroatoms. The predicted octanol–water partition coefficient (Wildman–Crippen LogP) is 2.97. The number of aromatic amines is 1. The topological polar surface area (TPSA) is 49.0 Å². The zero-order valence-electron chi connectivity index (χ0n) is 11.2. The van der Waals surface area contributed by atoms with Crippen LogP contribution in [0.4, 0.5) is 0 Å². The van der Waals surface area contributed by atoms with E-state index in [1.807, 2.05) is 29.2 Å². The van der Waals surface area contributed by atoms with E-state index in [-0.39, 0.29) is 5.91 Å². The molecule has 1 aromatic heterocycles. The quantitative estimate of drug-likeness (QED) is 0.853. The molecule has 1 aliphatic heterocycles. The first kappa shape index (κ1) is 12.2. The van der Waals surface area contributed by atoms with Gasteiger partial charge in [-0.25, -0.2) is 0 Å². The van der Waals surface area contributed by atoms with E-state index in [0.717, 1.165) is 30.3 Å². The summed E-state index contributed by atoms with van der Waals surface area (Å²) in [5.41, 5.74) is 1.48. The lowest BCUT2D eigenvalue weighted by Gasteiger charge is -2.26. The summed E-state index contributed by atoms with van der Waals surface area (Å²) in [6.07, 6.45) is 4.62. The zero-order valence-corrected chi connectivity index (χ0v) is 11.2. The maximum absolute atomic E-state index is 12.7. The van der Waals surface area contributed by atoms with Gasteiger partial charge in [-0.05, 0) is 25.8 Å². The molecule has 2 heterocycles. The Hall–Kier alpha value is -1.84. The predicted molar refractivity (Wildman–Crippen MR) is 75.1 cm³/mol. The average molecular weight is 257 g/mol. The molecule has 0 saturated carbocycles. The number of benzene rings is 1. The second-order valence-corrected chi connectivity index (χ2v) is 5.31. The fourth-order valence-corrected chi connectivity index (χ4v) is 2.84. The van der Waals surface area contributed by atoms with Crippen LogP contribution in [0.5, 0.6) is 0 Å². The summed E-state index contributed by atoms with van der Waals surface area (Å²) < 4.78 is 0. The van der Waals surface area contributed by atoms with Crippen LogP contribution in [-0.2, 0) is 0 Å². The van der Waals surface area contributed by atoms with Crippen LogP contribution in [0.1, 0.15) is 43.1 Å². The van der Waals surface area contributed by atoms with Gasteiger partial charge in [-0.1, -0.05) is 31.0 Å². The number of hydrogen-bond donors (Lipinski definition) is 1. The third kappa shape index (κ3) is 2.23. The molecule has 4 nitrogen and oxygen atoms in total. The Morgan fingerprint density at radius 1 is 1.32 bits per heavy atom. The molecule has 3 rings (SSSR count). The number of nitrogens with one attached hydrogen (secondary N) is 1. The van der Waals surface area contributed by atoms with Crippen molar-refractivity contribution in [2.24, 2.45) is 0 Å². The van der Waals surface area contributed by atoms with E-state index in [9.17, 15) is 4.79 Å².